The fourth-order valence-corrected chi connectivity index (χ4v) is 3.66. The van der Waals surface area contributed by atoms with Gasteiger partial charge in [-0.2, -0.15) is 0 Å². The number of para-hydroxylation sites is 1. The summed E-state index contributed by atoms with van der Waals surface area (Å²) in [5.41, 5.74) is 1.32. The molecule has 0 aliphatic carbocycles. The summed E-state index contributed by atoms with van der Waals surface area (Å²) in [5.74, 6) is -0.422. The molecule has 2 aromatic carbocycles. The predicted octanol–water partition coefficient (Wildman–Crippen LogP) is 2.12. The highest BCUT2D eigenvalue weighted by atomic mass is 32.2. The van der Waals surface area contributed by atoms with Gasteiger partial charge in [-0.15, -0.1) is 0 Å². The average molecular weight is 298 g/mol. The van der Waals surface area contributed by atoms with Gasteiger partial charge in [-0.05, 0) is 12.1 Å². The van der Waals surface area contributed by atoms with E-state index in [4.69, 9.17) is 4.52 Å². The van der Waals surface area contributed by atoms with Crippen LogP contribution < -0.4 is 5.76 Å². The second-order valence-corrected chi connectivity index (χ2v) is 5.92. The van der Waals surface area contributed by atoms with E-state index in [2.05, 4.69) is 5.16 Å². The molecular formula is C15H10N2O3S. The first kappa shape index (κ1) is 12.4. The summed E-state index contributed by atoms with van der Waals surface area (Å²) in [4.78, 5) is 11.3. The molecule has 0 radical (unpaired) electrons. The van der Waals surface area contributed by atoms with Crippen LogP contribution in [-0.2, 0) is 4.93 Å². The van der Waals surface area contributed by atoms with E-state index in [9.17, 15) is 9.90 Å². The maximum absolute atomic E-state index is 12.0. The molecule has 0 fully saturated rings. The molecule has 0 spiro atoms. The number of hydrogen-bond acceptors (Lipinski definition) is 5. The Morgan fingerprint density at radius 1 is 1.10 bits per heavy atom. The lowest BCUT2D eigenvalue weighted by Gasteiger charge is -2.31. The first-order valence-electron chi connectivity index (χ1n) is 6.36. The Morgan fingerprint density at radius 2 is 1.81 bits per heavy atom. The summed E-state index contributed by atoms with van der Waals surface area (Å²) in [6, 6.07) is 16.5. The van der Waals surface area contributed by atoms with Crippen LogP contribution in [0.15, 0.2) is 68.8 Å². The van der Waals surface area contributed by atoms with Crippen LogP contribution in [0.25, 0.3) is 5.69 Å². The molecule has 6 heteroatoms. The number of thioether (sulfide) groups is 1. The lowest BCUT2D eigenvalue weighted by molar-refractivity contribution is 0.163. The van der Waals surface area contributed by atoms with Gasteiger partial charge in [-0.3, -0.25) is 4.52 Å². The number of aliphatic hydroxyl groups is 1. The SMILES string of the molecule is O=c1onc2n1-c1ccccc1SC2(O)c1ccccc1. The van der Waals surface area contributed by atoms with Gasteiger partial charge < -0.3 is 5.11 Å². The van der Waals surface area contributed by atoms with E-state index in [0.29, 0.717) is 11.3 Å². The Hall–Kier alpha value is -2.31. The zero-order valence-corrected chi connectivity index (χ0v) is 11.6. The standard InChI is InChI=1S/C15H10N2O3S/c18-14-17-11-8-4-5-9-12(11)21-15(19,13(17)16-20-14)10-6-2-1-3-7-10/h1-9,19H. The molecule has 21 heavy (non-hydrogen) atoms. The van der Waals surface area contributed by atoms with Crippen molar-refractivity contribution in [3.8, 4) is 5.69 Å². The monoisotopic (exact) mass is 298 g/mol. The minimum absolute atomic E-state index is 0.183. The van der Waals surface area contributed by atoms with Gasteiger partial charge in [-0.25, -0.2) is 9.36 Å². The average Bonchev–Trinajstić information content (AvgIpc) is 2.92. The summed E-state index contributed by atoms with van der Waals surface area (Å²) in [5, 5.41) is 14.9. The second-order valence-electron chi connectivity index (χ2n) is 4.69. The first-order valence-corrected chi connectivity index (χ1v) is 7.17. The van der Waals surface area contributed by atoms with Crippen LogP contribution in [0.2, 0.25) is 0 Å². The van der Waals surface area contributed by atoms with Gasteiger partial charge in [0.25, 0.3) is 0 Å². The van der Waals surface area contributed by atoms with Gasteiger partial charge in [0.05, 0.1) is 5.69 Å². The molecule has 5 nitrogen and oxygen atoms in total. The lowest BCUT2D eigenvalue weighted by Crippen LogP contribution is -2.33. The van der Waals surface area contributed by atoms with E-state index in [1.807, 2.05) is 36.4 Å². The summed E-state index contributed by atoms with van der Waals surface area (Å²) in [6.07, 6.45) is 0. The Bertz CT molecular complexity index is 872. The van der Waals surface area contributed by atoms with Gasteiger partial charge in [0.15, 0.2) is 0 Å². The van der Waals surface area contributed by atoms with Crippen molar-refractivity contribution < 1.29 is 9.63 Å². The number of hydrogen-bond donors (Lipinski definition) is 1. The van der Waals surface area contributed by atoms with E-state index < -0.39 is 10.7 Å². The minimum Gasteiger partial charge on any atom is -0.368 e. The lowest BCUT2D eigenvalue weighted by atomic mass is 10.1. The molecule has 1 aromatic heterocycles. The minimum atomic E-state index is -1.46. The van der Waals surface area contributed by atoms with E-state index >= 15 is 0 Å². The zero-order valence-electron chi connectivity index (χ0n) is 10.8. The molecule has 0 saturated carbocycles. The summed E-state index contributed by atoms with van der Waals surface area (Å²) >= 11 is 1.24. The molecule has 3 aromatic rings. The van der Waals surface area contributed by atoms with Crippen LogP contribution >= 0.6 is 11.8 Å². The van der Waals surface area contributed by atoms with Crippen LogP contribution in [0.1, 0.15) is 11.4 Å². The van der Waals surface area contributed by atoms with Crippen LogP contribution in [0.4, 0.5) is 0 Å². The largest absolute Gasteiger partial charge is 0.446 e. The van der Waals surface area contributed by atoms with Crippen molar-refractivity contribution in [2.45, 2.75) is 9.83 Å². The van der Waals surface area contributed by atoms with E-state index in [1.54, 1.807) is 18.2 Å². The summed E-state index contributed by atoms with van der Waals surface area (Å²) in [6.45, 7) is 0. The van der Waals surface area contributed by atoms with Crippen molar-refractivity contribution in [2.75, 3.05) is 0 Å². The third-order valence-electron chi connectivity index (χ3n) is 3.44. The smallest absolute Gasteiger partial charge is 0.368 e. The van der Waals surface area contributed by atoms with Gasteiger partial charge in [0.2, 0.25) is 10.8 Å². The van der Waals surface area contributed by atoms with E-state index in [-0.39, 0.29) is 5.82 Å². The molecule has 4 rings (SSSR count). The maximum atomic E-state index is 12.0. The van der Waals surface area contributed by atoms with Crippen LogP contribution in [0.3, 0.4) is 0 Å². The van der Waals surface area contributed by atoms with Crippen molar-refractivity contribution in [1.29, 1.82) is 0 Å². The Labute approximate surface area is 123 Å². The Balaban J connectivity index is 2.04. The molecule has 0 saturated heterocycles. The number of fused-ring (bicyclic) bond motifs is 3. The number of benzene rings is 2. The molecule has 2 heterocycles. The van der Waals surface area contributed by atoms with E-state index in [1.165, 1.54) is 16.3 Å². The topological polar surface area (TPSA) is 68.3 Å². The maximum Gasteiger partial charge on any atom is 0.446 e. The van der Waals surface area contributed by atoms with Gasteiger partial charge >= 0.3 is 5.76 Å². The highest BCUT2D eigenvalue weighted by Gasteiger charge is 2.44. The summed E-state index contributed by atoms with van der Waals surface area (Å²) in [7, 11) is 0. The number of aromatic nitrogens is 2. The Kier molecular flexibility index (Phi) is 2.57. The molecule has 1 unspecified atom stereocenters. The fourth-order valence-electron chi connectivity index (χ4n) is 2.46. The third-order valence-corrected chi connectivity index (χ3v) is 4.72. The predicted molar refractivity (Wildman–Crippen MR) is 77.4 cm³/mol. The van der Waals surface area contributed by atoms with Crippen molar-refractivity contribution in [3.63, 3.8) is 0 Å². The van der Waals surface area contributed by atoms with Crippen LogP contribution in [0.5, 0.6) is 0 Å². The highest BCUT2D eigenvalue weighted by Crippen LogP contribution is 2.48. The number of nitrogens with zero attached hydrogens (tertiary/aromatic N) is 2. The molecule has 1 atom stereocenters. The fraction of sp³-hybridized carbons (Fsp3) is 0.0667. The van der Waals surface area contributed by atoms with Crippen molar-refractivity contribution in [2.24, 2.45) is 0 Å². The molecular weight excluding hydrogens is 288 g/mol. The van der Waals surface area contributed by atoms with Gasteiger partial charge in [0, 0.05) is 10.5 Å². The van der Waals surface area contributed by atoms with Crippen LogP contribution in [-0.4, -0.2) is 14.8 Å². The van der Waals surface area contributed by atoms with Crippen molar-refractivity contribution in [3.05, 3.63) is 76.5 Å². The number of rotatable bonds is 1. The van der Waals surface area contributed by atoms with Gasteiger partial charge in [0.1, 0.15) is 0 Å². The highest BCUT2D eigenvalue weighted by molar-refractivity contribution is 8.00. The molecule has 1 N–H and O–H groups in total. The molecule has 104 valence electrons. The van der Waals surface area contributed by atoms with Crippen molar-refractivity contribution >= 4 is 11.8 Å². The molecule has 1 aliphatic heterocycles. The zero-order chi connectivity index (χ0) is 14.4. The van der Waals surface area contributed by atoms with Crippen LogP contribution in [0, 0.1) is 0 Å². The second kappa shape index (κ2) is 4.34. The molecule has 0 amide bonds. The molecule has 0 bridgehead atoms. The normalized spacial score (nSPS) is 19.9. The Morgan fingerprint density at radius 3 is 2.62 bits per heavy atom. The molecule has 1 aliphatic rings. The third kappa shape index (κ3) is 1.69. The van der Waals surface area contributed by atoms with Crippen molar-refractivity contribution in [1.82, 2.24) is 9.72 Å². The van der Waals surface area contributed by atoms with E-state index in [0.717, 1.165) is 4.90 Å². The quantitative estimate of drug-likeness (QED) is 0.745. The first-order chi connectivity index (χ1) is 10.2. The summed E-state index contributed by atoms with van der Waals surface area (Å²) < 4.78 is 6.09. The van der Waals surface area contributed by atoms with Gasteiger partial charge in [-0.1, -0.05) is 59.4 Å².